The molecule has 3 rings (SSSR count). The van der Waals surface area contributed by atoms with Gasteiger partial charge in [-0.3, -0.25) is 4.79 Å². The van der Waals surface area contributed by atoms with Crippen LogP contribution in [0.25, 0.3) is 11.3 Å². The smallest absolute Gasteiger partial charge is 0.538 e. The van der Waals surface area contributed by atoms with E-state index in [1.165, 1.54) is 0 Å². The van der Waals surface area contributed by atoms with E-state index in [-0.39, 0.29) is 5.92 Å². The zero-order valence-corrected chi connectivity index (χ0v) is 16.7. The number of amides is 1. The number of rotatable bonds is 7. The van der Waals surface area contributed by atoms with Gasteiger partial charge in [-0.15, -0.1) is 10.2 Å². The number of hydrogen-bond donors (Lipinski definition) is 3. The second-order valence-electron chi connectivity index (χ2n) is 7.19. The molecule has 0 aliphatic heterocycles. The quantitative estimate of drug-likeness (QED) is 0.408. The lowest BCUT2D eigenvalue weighted by atomic mass is 10.0. The van der Waals surface area contributed by atoms with Gasteiger partial charge < -0.3 is 21.5 Å². The fourth-order valence-corrected chi connectivity index (χ4v) is 2.87. The highest BCUT2D eigenvalue weighted by Crippen LogP contribution is 2.20. The van der Waals surface area contributed by atoms with Crippen molar-refractivity contribution in [3.8, 4) is 11.3 Å². The van der Waals surface area contributed by atoms with E-state index in [4.69, 9.17) is 10.8 Å². The van der Waals surface area contributed by atoms with Crippen molar-refractivity contribution in [2.24, 2.45) is 5.92 Å². The highest BCUT2D eigenvalue weighted by molar-refractivity contribution is 5.97. The van der Waals surface area contributed by atoms with Gasteiger partial charge in [0.05, 0.1) is 5.69 Å². The Bertz CT molecular complexity index is 1030. The molecule has 1 heterocycles. The number of nitrogens with two attached hydrogens (primary N) is 1. The van der Waals surface area contributed by atoms with Gasteiger partial charge in [-0.2, -0.15) is 0 Å². The summed E-state index contributed by atoms with van der Waals surface area (Å²) in [7, 11) is 0. The molecule has 0 fully saturated rings. The average molecular weight is 406 g/mol. The standard InChI is InChI=1S/C22H23N5O3/c1-13(2)20(22(29)30)25-21(28)15-8-6-14(7-9-15)18-10-11-19(27-26-18)24-17-5-3-4-16(23)12-17/h3-13,20H,23H2,1-2H3,(H,24,27)(H,25,28)(H,29,30)/p+1. The molecule has 0 aliphatic carbocycles. The van der Waals surface area contributed by atoms with Gasteiger partial charge in [0.15, 0.2) is 11.9 Å². The molecule has 6 N–H and O–H groups in total. The molecule has 0 radical (unpaired) electrons. The number of nitrogens with one attached hydrogen (secondary N) is 2. The van der Waals surface area contributed by atoms with Crippen LogP contribution in [0.15, 0.2) is 60.7 Å². The van der Waals surface area contributed by atoms with E-state index in [1.807, 2.05) is 18.2 Å². The van der Waals surface area contributed by atoms with Crippen molar-refractivity contribution in [2.45, 2.75) is 19.9 Å². The molecule has 8 nitrogen and oxygen atoms in total. The maximum atomic E-state index is 12.4. The van der Waals surface area contributed by atoms with Crippen molar-refractivity contribution in [1.29, 1.82) is 0 Å². The van der Waals surface area contributed by atoms with Crippen LogP contribution in [0.5, 0.6) is 0 Å². The molecule has 3 aromatic rings. The molecule has 0 bridgehead atoms. The van der Waals surface area contributed by atoms with Crippen molar-refractivity contribution >= 4 is 29.1 Å². The fourth-order valence-electron chi connectivity index (χ4n) is 2.87. The number of carbonyl (C=O) groups is 2. The molecule has 0 spiro atoms. The topological polar surface area (TPSA) is 133 Å². The highest BCUT2D eigenvalue weighted by atomic mass is 16.4. The Morgan fingerprint density at radius 1 is 1.00 bits per heavy atom. The number of nitrogens with zero attached hydrogens (tertiary/aromatic N) is 2. The fraction of sp³-hybridized carbons (Fsp3) is 0.182. The van der Waals surface area contributed by atoms with E-state index in [0.29, 0.717) is 22.8 Å². The lowest BCUT2D eigenvalue weighted by Gasteiger charge is -2.14. The van der Waals surface area contributed by atoms with Crippen LogP contribution in [-0.2, 0) is 4.79 Å². The van der Waals surface area contributed by atoms with Crippen molar-refractivity contribution in [3.63, 3.8) is 0 Å². The first-order valence-electron chi connectivity index (χ1n) is 9.46. The Morgan fingerprint density at radius 3 is 2.30 bits per heavy atom. The van der Waals surface area contributed by atoms with E-state index < -0.39 is 17.9 Å². The first-order chi connectivity index (χ1) is 14.3. The van der Waals surface area contributed by atoms with E-state index in [1.54, 1.807) is 56.3 Å². The number of benzene rings is 2. The van der Waals surface area contributed by atoms with Crippen molar-refractivity contribution < 1.29 is 14.7 Å². The van der Waals surface area contributed by atoms with Crippen LogP contribution in [0.4, 0.5) is 17.2 Å². The molecule has 8 heteroatoms. The average Bonchev–Trinajstić information content (AvgIpc) is 2.72. The second kappa shape index (κ2) is 9.04. The summed E-state index contributed by atoms with van der Waals surface area (Å²) in [5.41, 5.74) is 9.10. The third-order valence-corrected chi connectivity index (χ3v) is 4.50. The van der Waals surface area contributed by atoms with Crippen molar-refractivity contribution in [3.05, 3.63) is 66.2 Å². The zero-order chi connectivity index (χ0) is 21.7. The molecule has 0 saturated heterocycles. The SMILES string of the molecule is CC(C)C(NC(=O)c1ccc(-c2ccc(Nc3cccc(N)c3)nn2)cc1)C(=O)[OH2+]. The normalized spacial score (nSPS) is 11.7. The van der Waals surface area contributed by atoms with Crippen LogP contribution < -0.4 is 16.4 Å². The summed E-state index contributed by atoms with van der Waals surface area (Å²) in [6.45, 7) is 3.56. The maximum Gasteiger partial charge on any atom is 0.538 e. The van der Waals surface area contributed by atoms with Crippen LogP contribution in [0.2, 0.25) is 0 Å². The number of nitrogen functional groups attached to an aromatic ring is 1. The highest BCUT2D eigenvalue weighted by Gasteiger charge is 2.30. The van der Waals surface area contributed by atoms with Crippen LogP contribution in [0.1, 0.15) is 24.2 Å². The lowest BCUT2D eigenvalue weighted by Crippen LogP contribution is -2.44. The van der Waals surface area contributed by atoms with Crippen LogP contribution in [-0.4, -0.2) is 33.2 Å². The summed E-state index contributed by atoms with van der Waals surface area (Å²) in [6, 6.07) is 17.0. The van der Waals surface area contributed by atoms with Gasteiger partial charge in [-0.05, 0) is 48.4 Å². The lowest BCUT2D eigenvalue weighted by molar-refractivity contribution is -0.140. The molecule has 2 aromatic carbocycles. The molecule has 1 amide bonds. The number of hydrogen-bond acceptors (Lipinski definition) is 6. The Morgan fingerprint density at radius 2 is 1.73 bits per heavy atom. The maximum absolute atomic E-state index is 12.4. The first kappa shape index (κ1) is 20.8. The van der Waals surface area contributed by atoms with E-state index in [9.17, 15) is 9.59 Å². The van der Waals surface area contributed by atoms with Gasteiger partial charge in [0.2, 0.25) is 0 Å². The van der Waals surface area contributed by atoms with Gasteiger partial charge in [-0.25, -0.2) is 0 Å². The summed E-state index contributed by atoms with van der Waals surface area (Å²) in [5.74, 6) is -0.779. The van der Waals surface area contributed by atoms with Crippen LogP contribution in [0, 0.1) is 5.92 Å². The third kappa shape index (κ3) is 5.11. The summed E-state index contributed by atoms with van der Waals surface area (Å²) < 4.78 is 0. The van der Waals surface area contributed by atoms with Gasteiger partial charge >= 0.3 is 5.97 Å². The number of carbonyl (C=O) groups excluding carboxylic acids is 2. The summed E-state index contributed by atoms with van der Waals surface area (Å²) >= 11 is 0. The molecule has 1 aromatic heterocycles. The van der Waals surface area contributed by atoms with E-state index in [2.05, 4.69) is 20.8 Å². The van der Waals surface area contributed by atoms with Gasteiger partial charge in [0.1, 0.15) is 0 Å². The third-order valence-electron chi connectivity index (χ3n) is 4.50. The first-order valence-corrected chi connectivity index (χ1v) is 9.46. The van der Waals surface area contributed by atoms with Crippen molar-refractivity contribution in [1.82, 2.24) is 15.5 Å². The largest absolute Gasteiger partial charge is 0.563 e. The van der Waals surface area contributed by atoms with Gasteiger partial charge in [-0.1, -0.05) is 32.0 Å². The van der Waals surface area contributed by atoms with Gasteiger partial charge in [0.25, 0.3) is 5.91 Å². The van der Waals surface area contributed by atoms with Crippen LogP contribution in [0.3, 0.4) is 0 Å². The Balaban J connectivity index is 1.68. The molecule has 0 aliphatic rings. The molecule has 154 valence electrons. The predicted octanol–water partition coefficient (Wildman–Crippen LogP) is 2.48. The Kier molecular flexibility index (Phi) is 6.26. The zero-order valence-electron chi connectivity index (χ0n) is 16.7. The summed E-state index contributed by atoms with van der Waals surface area (Å²) in [6.07, 6.45) is 0. The molecule has 1 unspecified atom stereocenters. The summed E-state index contributed by atoms with van der Waals surface area (Å²) in [5, 5.41) is 21.4. The van der Waals surface area contributed by atoms with Crippen LogP contribution >= 0.6 is 0 Å². The molecule has 30 heavy (non-hydrogen) atoms. The van der Waals surface area contributed by atoms with Gasteiger partial charge in [0, 0.05) is 27.3 Å². The predicted molar refractivity (Wildman–Crippen MR) is 116 cm³/mol. The monoisotopic (exact) mass is 406 g/mol. The minimum Gasteiger partial charge on any atom is -0.563 e. The molecular weight excluding hydrogens is 382 g/mol. The Hall–Kier alpha value is -3.94. The number of aromatic nitrogens is 2. The number of anilines is 3. The summed E-state index contributed by atoms with van der Waals surface area (Å²) in [4.78, 5) is 23.7. The molecule has 1 atom stereocenters. The van der Waals surface area contributed by atoms with E-state index >= 15 is 0 Å². The van der Waals surface area contributed by atoms with Crippen molar-refractivity contribution in [2.75, 3.05) is 11.1 Å². The minimum absolute atomic E-state index is 0.159. The second-order valence-corrected chi connectivity index (χ2v) is 7.19. The minimum atomic E-state index is -0.831. The van der Waals surface area contributed by atoms with E-state index in [0.717, 1.165) is 11.3 Å². The molecular formula is C22H24N5O3+. The Labute approximate surface area is 174 Å². The molecule has 0 saturated carbocycles.